The van der Waals surface area contributed by atoms with Crippen molar-refractivity contribution in [3.63, 3.8) is 0 Å². The summed E-state index contributed by atoms with van der Waals surface area (Å²) in [5.41, 5.74) is 1.73. The summed E-state index contributed by atoms with van der Waals surface area (Å²) in [5.74, 6) is 0.0427. The van der Waals surface area contributed by atoms with E-state index >= 15 is 0 Å². The van der Waals surface area contributed by atoms with Gasteiger partial charge in [0.25, 0.3) is 0 Å². The monoisotopic (exact) mass is 290 g/mol. The number of hydrogen-bond donors (Lipinski definition) is 0. The van der Waals surface area contributed by atoms with Crippen molar-refractivity contribution in [3.8, 4) is 5.75 Å². The van der Waals surface area contributed by atoms with Crippen LogP contribution in [-0.2, 0) is 6.61 Å². The van der Waals surface area contributed by atoms with Crippen molar-refractivity contribution in [3.05, 3.63) is 45.4 Å². The van der Waals surface area contributed by atoms with Crippen LogP contribution in [0.4, 0.5) is 0 Å². The van der Waals surface area contributed by atoms with Crippen LogP contribution in [0.5, 0.6) is 5.75 Å². The summed E-state index contributed by atoms with van der Waals surface area (Å²) in [6.45, 7) is 6.19. The molecule has 4 nitrogen and oxygen atoms in total. The zero-order valence-corrected chi connectivity index (χ0v) is 12.5. The molecule has 0 radical (unpaired) electrons. The summed E-state index contributed by atoms with van der Waals surface area (Å²) in [6.07, 6.45) is 0. The van der Waals surface area contributed by atoms with Crippen molar-refractivity contribution in [2.45, 2.75) is 33.3 Å². The van der Waals surface area contributed by atoms with Gasteiger partial charge in [0.2, 0.25) is 0 Å². The first kappa shape index (κ1) is 14.5. The van der Waals surface area contributed by atoms with E-state index < -0.39 is 5.97 Å². The number of ether oxygens (including phenoxy) is 1. The molecule has 0 fully saturated rings. The van der Waals surface area contributed by atoms with E-state index in [2.05, 4.69) is 18.8 Å². The van der Waals surface area contributed by atoms with Gasteiger partial charge in [0.15, 0.2) is 0 Å². The van der Waals surface area contributed by atoms with Crippen molar-refractivity contribution in [1.29, 1.82) is 0 Å². The molecule has 0 saturated carbocycles. The zero-order chi connectivity index (χ0) is 14.7. The summed E-state index contributed by atoms with van der Waals surface area (Å²) >= 11 is 1.10. The highest BCUT2D eigenvalue weighted by atomic mass is 32.1. The average Bonchev–Trinajstić information content (AvgIpc) is 2.78. The molecule has 20 heavy (non-hydrogen) atoms. The minimum atomic E-state index is -1.19. The van der Waals surface area contributed by atoms with E-state index in [0.29, 0.717) is 16.6 Å². The highest BCUT2D eigenvalue weighted by Crippen LogP contribution is 2.21. The number of benzene rings is 1. The van der Waals surface area contributed by atoms with Gasteiger partial charge in [0.05, 0.1) is 16.5 Å². The first-order valence-corrected chi connectivity index (χ1v) is 7.19. The van der Waals surface area contributed by atoms with E-state index in [9.17, 15) is 9.90 Å². The lowest BCUT2D eigenvalue weighted by Crippen LogP contribution is -2.21. The van der Waals surface area contributed by atoms with E-state index in [1.807, 2.05) is 24.3 Å². The molecular weight excluding hydrogens is 274 g/mol. The van der Waals surface area contributed by atoms with E-state index in [1.54, 1.807) is 6.92 Å². The quantitative estimate of drug-likeness (QED) is 0.849. The van der Waals surface area contributed by atoms with Gasteiger partial charge in [0, 0.05) is 0 Å². The van der Waals surface area contributed by atoms with Gasteiger partial charge in [-0.25, -0.2) is 4.98 Å². The second kappa shape index (κ2) is 6.05. The van der Waals surface area contributed by atoms with Crippen LogP contribution in [0.3, 0.4) is 0 Å². The van der Waals surface area contributed by atoms with Gasteiger partial charge < -0.3 is 14.6 Å². The van der Waals surface area contributed by atoms with E-state index in [0.717, 1.165) is 17.1 Å². The second-order valence-electron chi connectivity index (χ2n) is 4.82. The lowest BCUT2D eigenvalue weighted by molar-refractivity contribution is -0.254. The molecule has 1 aromatic heterocycles. The summed E-state index contributed by atoms with van der Waals surface area (Å²) in [7, 11) is 0. The summed E-state index contributed by atoms with van der Waals surface area (Å²) < 4.78 is 5.61. The number of hydrogen-bond acceptors (Lipinski definition) is 5. The Morgan fingerprint density at radius 2 is 2.00 bits per heavy atom. The predicted octanol–water partition coefficient (Wildman–Crippen LogP) is 2.52. The number of aromatic nitrogens is 1. The third-order valence-corrected chi connectivity index (χ3v) is 4.05. The Morgan fingerprint density at radius 1 is 1.35 bits per heavy atom. The molecule has 0 aliphatic rings. The van der Waals surface area contributed by atoms with Crippen LogP contribution in [0.1, 0.15) is 45.7 Å². The first-order valence-electron chi connectivity index (χ1n) is 6.37. The molecule has 1 aromatic carbocycles. The molecule has 106 valence electrons. The van der Waals surface area contributed by atoms with Crippen LogP contribution >= 0.6 is 11.3 Å². The number of nitrogens with zero attached hydrogens (tertiary/aromatic N) is 1. The Balaban J connectivity index is 2.01. The fourth-order valence-corrected chi connectivity index (χ4v) is 2.61. The second-order valence-corrected chi connectivity index (χ2v) is 5.91. The molecule has 0 N–H and O–H groups in total. The maximum absolute atomic E-state index is 10.8. The van der Waals surface area contributed by atoms with Crippen LogP contribution in [0.25, 0.3) is 0 Å². The Labute approximate surface area is 122 Å². The summed E-state index contributed by atoms with van der Waals surface area (Å²) in [5, 5.41) is 11.5. The summed E-state index contributed by atoms with van der Waals surface area (Å²) in [6, 6.07) is 7.88. The SMILES string of the molecule is Cc1nc(COc2ccc(C(C)C)cc2)sc1C(=O)[O-]. The van der Waals surface area contributed by atoms with E-state index in [-0.39, 0.29) is 11.5 Å². The number of carbonyl (C=O) groups excluding carboxylic acids is 1. The van der Waals surface area contributed by atoms with E-state index in [4.69, 9.17) is 4.74 Å². The smallest absolute Gasteiger partial charge is 0.140 e. The van der Waals surface area contributed by atoms with Crippen molar-refractivity contribution in [2.24, 2.45) is 0 Å². The topological polar surface area (TPSA) is 62.2 Å². The summed E-state index contributed by atoms with van der Waals surface area (Å²) in [4.78, 5) is 15.2. The molecule has 0 spiro atoms. The molecule has 0 amide bonds. The van der Waals surface area contributed by atoms with Crippen LogP contribution in [0.15, 0.2) is 24.3 Å². The molecule has 1 heterocycles. The highest BCUT2D eigenvalue weighted by molar-refractivity contribution is 7.13. The van der Waals surface area contributed by atoms with Gasteiger partial charge in [-0.2, -0.15) is 0 Å². The predicted molar refractivity (Wildman–Crippen MR) is 76.0 cm³/mol. The molecule has 0 atom stereocenters. The normalized spacial score (nSPS) is 10.8. The van der Waals surface area contributed by atoms with Crippen molar-refractivity contribution < 1.29 is 14.6 Å². The van der Waals surface area contributed by atoms with Crippen LogP contribution in [0.2, 0.25) is 0 Å². The van der Waals surface area contributed by atoms with Gasteiger partial charge in [-0.15, -0.1) is 11.3 Å². The third-order valence-electron chi connectivity index (χ3n) is 2.94. The molecule has 0 aliphatic heterocycles. The Hall–Kier alpha value is -1.88. The minimum absolute atomic E-state index is 0.166. The van der Waals surface area contributed by atoms with Crippen molar-refractivity contribution >= 4 is 17.3 Å². The van der Waals surface area contributed by atoms with Crippen LogP contribution < -0.4 is 9.84 Å². The number of aromatic carboxylic acids is 1. The fourth-order valence-electron chi connectivity index (χ4n) is 1.80. The lowest BCUT2D eigenvalue weighted by Gasteiger charge is -2.07. The molecule has 2 aromatic rings. The van der Waals surface area contributed by atoms with Crippen LogP contribution in [-0.4, -0.2) is 11.0 Å². The molecule has 0 bridgehead atoms. The van der Waals surface area contributed by atoms with Gasteiger partial charge in [-0.05, 0) is 30.5 Å². The van der Waals surface area contributed by atoms with Crippen LogP contribution in [0, 0.1) is 6.92 Å². The van der Waals surface area contributed by atoms with Crippen molar-refractivity contribution in [2.75, 3.05) is 0 Å². The van der Waals surface area contributed by atoms with Crippen molar-refractivity contribution in [1.82, 2.24) is 4.98 Å². The Kier molecular flexibility index (Phi) is 4.39. The lowest BCUT2D eigenvalue weighted by atomic mass is 10.0. The van der Waals surface area contributed by atoms with E-state index in [1.165, 1.54) is 5.56 Å². The number of thiazole rings is 1. The number of carbonyl (C=O) groups is 1. The molecule has 0 saturated heterocycles. The first-order chi connectivity index (χ1) is 9.47. The van der Waals surface area contributed by atoms with Gasteiger partial charge >= 0.3 is 0 Å². The number of rotatable bonds is 5. The molecule has 5 heteroatoms. The number of aryl methyl sites for hydroxylation is 1. The molecule has 0 aliphatic carbocycles. The largest absolute Gasteiger partial charge is 0.544 e. The Bertz CT molecular complexity index is 602. The van der Waals surface area contributed by atoms with Gasteiger partial charge in [-0.1, -0.05) is 26.0 Å². The third kappa shape index (κ3) is 3.36. The highest BCUT2D eigenvalue weighted by Gasteiger charge is 2.09. The molecule has 2 rings (SSSR count). The maximum Gasteiger partial charge on any atom is 0.140 e. The minimum Gasteiger partial charge on any atom is -0.544 e. The zero-order valence-electron chi connectivity index (χ0n) is 11.7. The number of carboxylic acid groups (broad SMARTS) is 1. The standard InChI is InChI=1S/C15H17NO3S/c1-9(2)11-4-6-12(7-5-11)19-8-13-16-10(3)14(20-13)15(17)18/h4-7,9H,8H2,1-3H3,(H,17,18)/p-1. The van der Waals surface area contributed by atoms with Gasteiger partial charge in [-0.3, -0.25) is 0 Å². The Morgan fingerprint density at radius 3 is 2.50 bits per heavy atom. The fraction of sp³-hybridized carbons (Fsp3) is 0.333. The molecular formula is C15H16NO3S-. The average molecular weight is 290 g/mol. The maximum atomic E-state index is 10.8. The molecule has 0 unspecified atom stereocenters. The number of carboxylic acids is 1. The van der Waals surface area contributed by atoms with Gasteiger partial charge in [0.1, 0.15) is 17.4 Å².